The molecule has 0 atom stereocenters. The summed E-state index contributed by atoms with van der Waals surface area (Å²) in [5.74, 6) is -0.0156. The van der Waals surface area contributed by atoms with Gasteiger partial charge in [0.1, 0.15) is 11.6 Å². The molecule has 3 rings (SSSR count). The van der Waals surface area contributed by atoms with E-state index in [2.05, 4.69) is 15.3 Å². The van der Waals surface area contributed by atoms with Crippen LogP contribution >= 0.6 is 23.2 Å². The highest BCUT2D eigenvalue weighted by molar-refractivity contribution is 6.30. The minimum atomic E-state index is -0.462. The van der Waals surface area contributed by atoms with Crippen LogP contribution in [0.15, 0.2) is 42.5 Å². The smallest absolute Gasteiger partial charge is 0.224 e. The van der Waals surface area contributed by atoms with Crippen LogP contribution in [0.2, 0.25) is 10.3 Å². The summed E-state index contributed by atoms with van der Waals surface area (Å²) in [6.45, 7) is 0. The van der Waals surface area contributed by atoms with E-state index >= 15 is 0 Å². The molecule has 0 bridgehead atoms. The molecule has 0 saturated heterocycles. The molecule has 3 nitrogen and oxygen atoms in total. The van der Waals surface area contributed by atoms with Crippen LogP contribution in [0, 0.1) is 5.82 Å². The summed E-state index contributed by atoms with van der Waals surface area (Å²) < 4.78 is 13.8. The van der Waals surface area contributed by atoms with Crippen LogP contribution in [0.25, 0.3) is 10.9 Å². The zero-order chi connectivity index (χ0) is 14.1. The Morgan fingerprint density at radius 2 is 1.80 bits per heavy atom. The van der Waals surface area contributed by atoms with Gasteiger partial charge in [0.15, 0.2) is 0 Å². The van der Waals surface area contributed by atoms with Crippen LogP contribution in [0.3, 0.4) is 0 Å². The Bertz CT molecular complexity index is 792. The number of benzene rings is 2. The normalized spacial score (nSPS) is 10.8. The van der Waals surface area contributed by atoms with Crippen molar-refractivity contribution < 1.29 is 4.39 Å². The lowest BCUT2D eigenvalue weighted by Crippen LogP contribution is -1.99. The first-order valence-electron chi connectivity index (χ1n) is 5.78. The lowest BCUT2D eigenvalue weighted by Gasteiger charge is -2.10. The molecule has 100 valence electrons. The molecule has 0 fully saturated rings. The van der Waals surface area contributed by atoms with Crippen molar-refractivity contribution >= 4 is 45.6 Å². The second-order valence-corrected chi connectivity index (χ2v) is 4.88. The van der Waals surface area contributed by atoms with Crippen molar-refractivity contribution in [2.24, 2.45) is 0 Å². The van der Waals surface area contributed by atoms with Gasteiger partial charge in [-0.2, -0.15) is 4.98 Å². The Kier molecular flexibility index (Phi) is 3.42. The summed E-state index contributed by atoms with van der Waals surface area (Å²) in [6.07, 6.45) is 0. The molecule has 0 aliphatic rings. The fourth-order valence-electron chi connectivity index (χ4n) is 1.86. The molecule has 0 aliphatic heterocycles. The number of fused-ring (bicyclic) bond motifs is 1. The molecule has 0 amide bonds. The van der Waals surface area contributed by atoms with Gasteiger partial charge >= 0.3 is 0 Å². The molecule has 1 N–H and O–H groups in total. The van der Waals surface area contributed by atoms with Crippen molar-refractivity contribution in [1.82, 2.24) is 9.97 Å². The van der Waals surface area contributed by atoms with E-state index in [9.17, 15) is 4.39 Å². The fraction of sp³-hybridized carbons (Fsp3) is 0. The summed E-state index contributed by atoms with van der Waals surface area (Å²) >= 11 is 11.6. The van der Waals surface area contributed by atoms with E-state index in [1.54, 1.807) is 12.1 Å². The molecule has 0 unspecified atom stereocenters. The van der Waals surface area contributed by atoms with Crippen molar-refractivity contribution in [3.63, 3.8) is 0 Å². The second-order valence-electron chi connectivity index (χ2n) is 4.11. The molecule has 0 radical (unpaired) electrons. The van der Waals surface area contributed by atoms with Crippen LogP contribution in [0.5, 0.6) is 0 Å². The van der Waals surface area contributed by atoms with Gasteiger partial charge in [0.2, 0.25) is 5.28 Å². The molecular weight excluding hydrogens is 300 g/mol. The van der Waals surface area contributed by atoms with E-state index in [0.29, 0.717) is 16.4 Å². The van der Waals surface area contributed by atoms with E-state index in [-0.39, 0.29) is 11.0 Å². The summed E-state index contributed by atoms with van der Waals surface area (Å²) in [5, 5.41) is 4.10. The van der Waals surface area contributed by atoms with E-state index in [1.165, 1.54) is 6.07 Å². The van der Waals surface area contributed by atoms with Gasteiger partial charge in [0.05, 0.1) is 11.2 Å². The van der Waals surface area contributed by atoms with Crippen LogP contribution in [0.1, 0.15) is 0 Å². The summed E-state index contributed by atoms with van der Waals surface area (Å²) in [5.41, 5.74) is 0.957. The average molecular weight is 308 g/mol. The number of anilines is 2. The Hall–Kier alpha value is -1.91. The average Bonchev–Trinajstić information content (AvgIpc) is 2.41. The maximum Gasteiger partial charge on any atom is 0.224 e. The first-order valence-corrected chi connectivity index (χ1v) is 6.53. The molecule has 20 heavy (non-hydrogen) atoms. The highest BCUT2D eigenvalue weighted by Gasteiger charge is 2.09. The fourth-order valence-corrected chi connectivity index (χ4v) is 2.20. The molecule has 0 spiro atoms. The molecule has 6 heteroatoms. The first-order chi connectivity index (χ1) is 9.63. The lowest BCUT2D eigenvalue weighted by molar-refractivity contribution is 0.632. The third-order valence-corrected chi connectivity index (χ3v) is 3.16. The van der Waals surface area contributed by atoms with Gasteiger partial charge < -0.3 is 5.32 Å². The van der Waals surface area contributed by atoms with Gasteiger partial charge in [-0.25, -0.2) is 9.37 Å². The summed E-state index contributed by atoms with van der Waals surface area (Å²) in [4.78, 5) is 8.22. The number of halogens is 3. The lowest BCUT2D eigenvalue weighted by atomic mass is 10.2. The predicted molar refractivity (Wildman–Crippen MR) is 79.2 cm³/mol. The number of rotatable bonds is 2. The Morgan fingerprint density at radius 3 is 2.60 bits per heavy atom. The topological polar surface area (TPSA) is 37.8 Å². The van der Waals surface area contributed by atoms with Crippen molar-refractivity contribution in [1.29, 1.82) is 0 Å². The molecule has 1 heterocycles. The van der Waals surface area contributed by atoms with Gasteiger partial charge in [0, 0.05) is 10.4 Å². The van der Waals surface area contributed by atoms with E-state index in [4.69, 9.17) is 23.2 Å². The number of aromatic nitrogens is 2. The number of nitrogens with zero attached hydrogens (tertiary/aromatic N) is 2. The van der Waals surface area contributed by atoms with Crippen molar-refractivity contribution in [2.45, 2.75) is 0 Å². The Morgan fingerprint density at radius 1 is 1.00 bits per heavy atom. The Labute approximate surface area is 124 Å². The van der Waals surface area contributed by atoms with Crippen LogP contribution in [-0.2, 0) is 0 Å². The minimum absolute atomic E-state index is 0.0978. The summed E-state index contributed by atoms with van der Waals surface area (Å²) in [6, 6.07) is 11.7. The molecule has 1 aromatic heterocycles. The third-order valence-electron chi connectivity index (χ3n) is 2.76. The van der Waals surface area contributed by atoms with Crippen LogP contribution in [-0.4, -0.2) is 9.97 Å². The number of hydrogen-bond acceptors (Lipinski definition) is 3. The van der Waals surface area contributed by atoms with E-state index < -0.39 is 5.82 Å². The highest BCUT2D eigenvalue weighted by Crippen LogP contribution is 2.27. The van der Waals surface area contributed by atoms with Crippen molar-refractivity contribution in [3.05, 3.63) is 58.6 Å². The van der Waals surface area contributed by atoms with Gasteiger partial charge in [-0.3, -0.25) is 0 Å². The van der Waals surface area contributed by atoms with E-state index in [0.717, 1.165) is 5.39 Å². The van der Waals surface area contributed by atoms with Crippen molar-refractivity contribution in [2.75, 3.05) is 5.32 Å². The molecule has 0 aliphatic carbocycles. The Balaban J connectivity index is 2.10. The quantitative estimate of drug-likeness (QED) is 0.690. The predicted octanol–water partition coefficient (Wildman–Crippen LogP) is 4.82. The number of nitrogens with one attached hydrogen (secondary N) is 1. The largest absolute Gasteiger partial charge is 0.337 e. The van der Waals surface area contributed by atoms with Crippen LogP contribution in [0.4, 0.5) is 15.9 Å². The standard InChI is InChI=1S/C14H8Cl2FN3/c15-8-5-6-12(10(17)7-8)18-13-9-3-1-2-4-11(9)19-14(16)20-13/h1-7H,(H,18,19,20). The minimum Gasteiger partial charge on any atom is -0.337 e. The van der Waals surface area contributed by atoms with Crippen molar-refractivity contribution in [3.8, 4) is 0 Å². The molecule has 0 saturated carbocycles. The maximum atomic E-state index is 13.8. The van der Waals surface area contributed by atoms with Crippen LogP contribution < -0.4 is 5.32 Å². The van der Waals surface area contributed by atoms with Gasteiger partial charge in [0.25, 0.3) is 0 Å². The molecule has 2 aromatic carbocycles. The third kappa shape index (κ3) is 2.53. The first kappa shape index (κ1) is 13.1. The summed E-state index contributed by atoms with van der Waals surface area (Å²) in [7, 11) is 0. The van der Waals surface area contributed by atoms with E-state index in [1.807, 2.05) is 24.3 Å². The zero-order valence-corrected chi connectivity index (χ0v) is 11.6. The SMILES string of the molecule is Fc1cc(Cl)ccc1Nc1nc(Cl)nc2ccccc12. The zero-order valence-electron chi connectivity index (χ0n) is 10.1. The van der Waals surface area contributed by atoms with Gasteiger partial charge in [-0.15, -0.1) is 0 Å². The van der Waals surface area contributed by atoms with Gasteiger partial charge in [-0.1, -0.05) is 23.7 Å². The number of para-hydroxylation sites is 1. The number of hydrogen-bond donors (Lipinski definition) is 1. The maximum absolute atomic E-state index is 13.8. The van der Waals surface area contributed by atoms with Gasteiger partial charge in [-0.05, 0) is 41.9 Å². The molecule has 3 aromatic rings. The monoisotopic (exact) mass is 307 g/mol. The highest BCUT2D eigenvalue weighted by atomic mass is 35.5. The molecular formula is C14H8Cl2FN3. The second kappa shape index (κ2) is 5.23.